The number of hydrogen-bond donors (Lipinski definition) is 1. The zero-order chi connectivity index (χ0) is 20.1. The van der Waals surface area contributed by atoms with Gasteiger partial charge in [0.25, 0.3) is 5.91 Å². The molecule has 0 aliphatic heterocycles. The molecular formula is C22H19NO5. The number of fused-ring (bicyclic) bond motifs is 1. The fourth-order valence-corrected chi connectivity index (χ4v) is 2.82. The zero-order valence-corrected chi connectivity index (χ0v) is 15.5. The summed E-state index contributed by atoms with van der Waals surface area (Å²) in [5.41, 5.74) is 1.42. The van der Waals surface area contributed by atoms with E-state index in [-0.39, 0.29) is 5.78 Å². The van der Waals surface area contributed by atoms with Crippen LogP contribution in [0.3, 0.4) is 0 Å². The van der Waals surface area contributed by atoms with E-state index in [4.69, 9.17) is 9.47 Å². The fraction of sp³-hybridized carbons (Fsp3) is 0.136. The standard InChI is InChI=1S/C22H19NO5/c1-14(24)15-7-9-16(10-8-15)23-21(25)13-28-22(26)19-11-12-20(27-2)18-6-4-3-5-17(18)19/h3-12H,13H2,1-2H3,(H,23,25). The molecule has 0 spiro atoms. The number of ketones is 1. The van der Waals surface area contributed by atoms with Crippen molar-refractivity contribution in [3.05, 3.63) is 71.8 Å². The number of amides is 1. The third kappa shape index (κ3) is 4.17. The number of ether oxygens (including phenoxy) is 2. The van der Waals surface area contributed by atoms with Crippen molar-refractivity contribution in [3.63, 3.8) is 0 Å². The van der Waals surface area contributed by atoms with Crippen LogP contribution in [0.1, 0.15) is 27.6 Å². The molecule has 0 aliphatic carbocycles. The van der Waals surface area contributed by atoms with E-state index >= 15 is 0 Å². The van der Waals surface area contributed by atoms with Crippen molar-refractivity contribution in [2.45, 2.75) is 6.92 Å². The number of Topliss-reactive ketones (excluding diaryl/α,β-unsaturated/α-hetero) is 1. The molecule has 0 unspecified atom stereocenters. The molecule has 0 radical (unpaired) electrons. The van der Waals surface area contributed by atoms with Crippen LogP contribution in [0, 0.1) is 0 Å². The summed E-state index contributed by atoms with van der Waals surface area (Å²) in [6.45, 7) is 1.05. The van der Waals surface area contributed by atoms with Crippen LogP contribution in [-0.2, 0) is 9.53 Å². The summed E-state index contributed by atoms with van der Waals surface area (Å²) in [5.74, 6) is -0.472. The number of methoxy groups -OCH3 is 1. The molecule has 1 N–H and O–H groups in total. The lowest BCUT2D eigenvalue weighted by atomic mass is 10.0. The molecule has 28 heavy (non-hydrogen) atoms. The van der Waals surface area contributed by atoms with Gasteiger partial charge in [-0.25, -0.2) is 4.79 Å². The molecule has 142 valence electrons. The normalized spacial score (nSPS) is 10.4. The van der Waals surface area contributed by atoms with Crippen molar-refractivity contribution in [3.8, 4) is 5.75 Å². The molecule has 1 amide bonds. The Balaban J connectivity index is 1.66. The van der Waals surface area contributed by atoms with Crippen molar-refractivity contribution < 1.29 is 23.9 Å². The predicted octanol–water partition coefficient (Wildman–Crippen LogP) is 3.85. The van der Waals surface area contributed by atoms with Crippen molar-refractivity contribution in [1.82, 2.24) is 0 Å². The second kappa shape index (κ2) is 8.35. The van der Waals surface area contributed by atoms with Gasteiger partial charge in [-0.05, 0) is 48.7 Å². The Bertz CT molecular complexity index is 1040. The van der Waals surface area contributed by atoms with Crippen LogP contribution in [-0.4, -0.2) is 31.4 Å². The third-order valence-electron chi connectivity index (χ3n) is 4.23. The zero-order valence-electron chi connectivity index (χ0n) is 15.5. The highest BCUT2D eigenvalue weighted by Gasteiger charge is 2.15. The maximum Gasteiger partial charge on any atom is 0.339 e. The van der Waals surface area contributed by atoms with Gasteiger partial charge in [-0.2, -0.15) is 0 Å². The van der Waals surface area contributed by atoms with Gasteiger partial charge in [-0.3, -0.25) is 9.59 Å². The van der Waals surface area contributed by atoms with Gasteiger partial charge in [0.2, 0.25) is 0 Å². The second-order valence-corrected chi connectivity index (χ2v) is 6.12. The Morgan fingerprint density at radius 1 is 0.893 bits per heavy atom. The first-order valence-corrected chi connectivity index (χ1v) is 8.63. The van der Waals surface area contributed by atoms with Gasteiger partial charge in [0.1, 0.15) is 5.75 Å². The maximum atomic E-state index is 12.5. The second-order valence-electron chi connectivity index (χ2n) is 6.12. The predicted molar refractivity (Wildman–Crippen MR) is 106 cm³/mol. The minimum atomic E-state index is -0.596. The quantitative estimate of drug-likeness (QED) is 0.521. The van der Waals surface area contributed by atoms with Gasteiger partial charge in [-0.1, -0.05) is 24.3 Å². The van der Waals surface area contributed by atoms with Crippen molar-refractivity contribution in [2.24, 2.45) is 0 Å². The lowest BCUT2D eigenvalue weighted by Gasteiger charge is -2.11. The van der Waals surface area contributed by atoms with Gasteiger partial charge in [0.05, 0.1) is 12.7 Å². The monoisotopic (exact) mass is 377 g/mol. The van der Waals surface area contributed by atoms with E-state index in [9.17, 15) is 14.4 Å². The molecular weight excluding hydrogens is 358 g/mol. The third-order valence-corrected chi connectivity index (χ3v) is 4.23. The van der Waals surface area contributed by atoms with Crippen LogP contribution in [0.2, 0.25) is 0 Å². The summed E-state index contributed by atoms with van der Waals surface area (Å²) in [6.07, 6.45) is 0. The van der Waals surface area contributed by atoms with Gasteiger partial charge in [-0.15, -0.1) is 0 Å². The molecule has 0 saturated heterocycles. The van der Waals surface area contributed by atoms with Crippen LogP contribution in [0.4, 0.5) is 5.69 Å². The minimum absolute atomic E-state index is 0.0569. The first-order valence-electron chi connectivity index (χ1n) is 8.63. The van der Waals surface area contributed by atoms with E-state index in [1.807, 2.05) is 18.2 Å². The molecule has 0 fully saturated rings. The lowest BCUT2D eigenvalue weighted by Crippen LogP contribution is -2.21. The van der Waals surface area contributed by atoms with Gasteiger partial charge in [0, 0.05) is 16.6 Å². The first kappa shape index (κ1) is 19.1. The number of hydrogen-bond acceptors (Lipinski definition) is 5. The summed E-state index contributed by atoms with van der Waals surface area (Å²) in [4.78, 5) is 35.8. The largest absolute Gasteiger partial charge is 0.496 e. The number of nitrogens with one attached hydrogen (secondary N) is 1. The van der Waals surface area contributed by atoms with E-state index in [1.165, 1.54) is 6.92 Å². The van der Waals surface area contributed by atoms with Gasteiger partial charge in [0.15, 0.2) is 12.4 Å². The molecule has 3 aromatic rings. The van der Waals surface area contributed by atoms with Crippen molar-refractivity contribution in [1.29, 1.82) is 0 Å². The van der Waals surface area contributed by atoms with E-state index in [1.54, 1.807) is 49.6 Å². The van der Waals surface area contributed by atoms with Crippen LogP contribution in [0.15, 0.2) is 60.7 Å². The summed E-state index contributed by atoms with van der Waals surface area (Å²) in [6, 6.07) is 17.1. The summed E-state index contributed by atoms with van der Waals surface area (Å²) in [5, 5.41) is 4.10. The minimum Gasteiger partial charge on any atom is -0.496 e. The number of rotatable bonds is 6. The topological polar surface area (TPSA) is 81.7 Å². The number of carbonyl (C=O) groups is 3. The number of carbonyl (C=O) groups excluding carboxylic acids is 3. The lowest BCUT2D eigenvalue weighted by molar-refractivity contribution is -0.119. The Morgan fingerprint density at radius 3 is 2.21 bits per heavy atom. The maximum absolute atomic E-state index is 12.5. The highest BCUT2D eigenvalue weighted by Crippen LogP contribution is 2.28. The van der Waals surface area contributed by atoms with Crippen LogP contribution in [0.25, 0.3) is 10.8 Å². The van der Waals surface area contributed by atoms with Gasteiger partial charge >= 0.3 is 5.97 Å². The molecule has 0 atom stereocenters. The fourth-order valence-electron chi connectivity index (χ4n) is 2.82. The average molecular weight is 377 g/mol. The smallest absolute Gasteiger partial charge is 0.339 e. The molecule has 0 aliphatic rings. The first-order chi connectivity index (χ1) is 13.5. The molecule has 3 rings (SSSR count). The molecule has 0 bridgehead atoms. The number of esters is 1. The Kier molecular flexibility index (Phi) is 5.69. The summed E-state index contributed by atoms with van der Waals surface area (Å²) >= 11 is 0. The van der Waals surface area contributed by atoms with E-state index in [2.05, 4.69) is 5.32 Å². The van der Waals surface area contributed by atoms with E-state index in [0.29, 0.717) is 28.0 Å². The van der Waals surface area contributed by atoms with E-state index in [0.717, 1.165) is 5.39 Å². The molecule has 6 heteroatoms. The average Bonchev–Trinajstić information content (AvgIpc) is 2.71. The molecule has 0 heterocycles. The van der Waals surface area contributed by atoms with Crippen LogP contribution in [0.5, 0.6) is 5.75 Å². The van der Waals surface area contributed by atoms with E-state index < -0.39 is 18.5 Å². The Morgan fingerprint density at radius 2 is 1.57 bits per heavy atom. The van der Waals surface area contributed by atoms with Crippen LogP contribution < -0.4 is 10.1 Å². The highest BCUT2D eigenvalue weighted by molar-refractivity contribution is 6.07. The Labute approximate surface area is 162 Å². The van der Waals surface area contributed by atoms with Crippen LogP contribution >= 0.6 is 0 Å². The van der Waals surface area contributed by atoms with Crippen molar-refractivity contribution in [2.75, 3.05) is 19.0 Å². The number of anilines is 1. The summed E-state index contributed by atoms with van der Waals surface area (Å²) in [7, 11) is 1.56. The Hall–Kier alpha value is -3.67. The summed E-state index contributed by atoms with van der Waals surface area (Å²) < 4.78 is 10.5. The number of benzene rings is 3. The molecule has 3 aromatic carbocycles. The van der Waals surface area contributed by atoms with Gasteiger partial charge < -0.3 is 14.8 Å². The molecule has 0 saturated carbocycles. The van der Waals surface area contributed by atoms with Crippen molar-refractivity contribution >= 4 is 34.1 Å². The molecule has 6 nitrogen and oxygen atoms in total. The highest BCUT2D eigenvalue weighted by atomic mass is 16.5. The molecule has 0 aromatic heterocycles. The SMILES string of the molecule is COc1ccc(C(=O)OCC(=O)Nc2ccc(C(C)=O)cc2)c2ccccc12.